The number of rotatable bonds is 9. The van der Waals surface area contributed by atoms with Crippen LogP contribution in [-0.4, -0.2) is 28.8 Å². The number of anilines is 1. The number of carbonyl (C=O) groups is 1. The largest absolute Gasteiger partial charge is 0.398 e. The predicted molar refractivity (Wildman–Crippen MR) is 144 cm³/mol. The van der Waals surface area contributed by atoms with E-state index in [9.17, 15) is 4.79 Å². The van der Waals surface area contributed by atoms with Crippen LogP contribution in [0.25, 0.3) is 10.9 Å². The second-order valence-corrected chi connectivity index (χ2v) is 10.7. The summed E-state index contributed by atoms with van der Waals surface area (Å²) in [6, 6.07) is 18.7. The summed E-state index contributed by atoms with van der Waals surface area (Å²) < 4.78 is 0. The summed E-state index contributed by atoms with van der Waals surface area (Å²) in [5.41, 5.74) is 11.0. The second kappa shape index (κ2) is 11.3. The zero-order valence-electron chi connectivity index (χ0n) is 20.9. The number of nitrogens with two attached hydrogens (primary N) is 1. The molecule has 1 aromatic heterocycles. The number of piperidine rings is 1. The average Bonchev–Trinajstić information content (AvgIpc) is 2.89. The number of hydrogen-bond acceptors (Lipinski definition) is 4. The van der Waals surface area contributed by atoms with Gasteiger partial charge in [0.1, 0.15) is 0 Å². The minimum atomic E-state index is 0.113. The molecule has 1 atom stereocenters. The predicted octanol–water partition coefficient (Wildman–Crippen LogP) is 6.81. The van der Waals surface area contributed by atoms with Crippen LogP contribution in [0, 0.1) is 11.8 Å². The SMILES string of the molecule is Nc1c2c(nc3ccccc13)CCC(CCCCCCC1CCN(Cc3ccccc3)CC1)C2=O. The molecule has 0 spiro atoms. The highest BCUT2D eigenvalue weighted by atomic mass is 16.1. The van der Waals surface area contributed by atoms with Gasteiger partial charge in [0.05, 0.1) is 22.5 Å². The number of para-hydroxylation sites is 1. The lowest BCUT2D eigenvalue weighted by Crippen LogP contribution is -2.33. The highest BCUT2D eigenvalue weighted by Gasteiger charge is 2.30. The molecule has 4 nitrogen and oxygen atoms in total. The molecule has 35 heavy (non-hydrogen) atoms. The van der Waals surface area contributed by atoms with Crippen LogP contribution >= 0.6 is 0 Å². The van der Waals surface area contributed by atoms with Crippen molar-refractivity contribution >= 4 is 22.4 Å². The van der Waals surface area contributed by atoms with Crippen LogP contribution in [0.15, 0.2) is 54.6 Å². The van der Waals surface area contributed by atoms with Crippen molar-refractivity contribution in [1.82, 2.24) is 9.88 Å². The minimum Gasteiger partial charge on any atom is -0.398 e. The van der Waals surface area contributed by atoms with Gasteiger partial charge < -0.3 is 5.73 Å². The van der Waals surface area contributed by atoms with E-state index in [1.807, 2.05) is 24.3 Å². The van der Waals surface area contributed by atoms with Gasteiger partial charge in [-0.15, -0.1) is 0 Å². The van der Waals surface area contributed by atoms with Crippen molar-refractivity contribution in [2.75, 3.05) is 18.8 Å². The van der Waals surface area contributed by atoms with Gasteiger partial charge in [-0.25, -0.2) is 0 Å². The Morgan fingerprint density at radius 1 is 0.857 bits per heavy atom. The molecule has 0 bridgehead atoms. The van der Waals surface area contributed by atoms with E-state index < -0.39 is 0 Å². The lowest BCUT2D eigenvalue weighted by molar-refractivity contribution is 0.0892. The van der Waals surface area contributed by atoms with Crippen molar-refractivity contribution < 1.29 is 4.79 Å². The molecular formula is C31H39N3O. The van der Waals surface area contributed by atoms with Crippen molar-refractivity contribution in [1.29, 1.82) is 0 Å². The molecule has 1 fully saturated rings. The third kappa shape index (κ3) is 5.75. The molecule has 1 aliphatic heterocycles. The summed E-state index contributed by atoms with van der Waals surface area (Å²) in [5.74, 6) is 1.23. The highest BCUT2D eigenvalue weighted by Crippen LogP contribution is 2.35. The summed E-state index contributed by atoms with van der Waals surface area (Å²) in [7, 11) is 0. The van der Waals surface area contributed by atoms with Gasteiger partial charge in [-0.2, -0.15) is 0 Å². The number of likely N-dealkylation sites (tertiary alicyclic amines) is 1. The lowest BCUT2D eigenvalue weighted by Gasteiger charge is -2.32. The fourth-order valence-electron chi connectivity index (χ4n) is 6.12. The number of ketones is 1. The number of fused-ring (bicyclic) bond motifs is 2. The van der Waals surface area contributed by atoms with Gasteiger partial charge in [0, 0.05) is 17.8 Å². The van der Waals surface area contributed by atoms with E-state index in [0.717, 1.165) is 54.7 Å². The Bertz CT molecular complexity index is 1130. The van der Waals surface area contributed by atoms with Gasteiger partial charge in [-0.05, 0) is 62.7 Å². The summed E-state index contributed by atoms with van der Waals surface area (Å²) >= 11 is 0. The van der Waals surface area contributed by atoms with Gasteiger partial charge in [-0.3, -0.25) is 14.7 Å². The molecule has 2 heterocycles. The molecule has 1 aliphatic carbocycles. The normalized spacial score (nSPS) is 19.2. The number of Topliss-reactive ketones (excluding diaryl/α,β-unsaturated/α-hetero) is 1. The summed E-state index contributed by atoms with van der Waals surface area (Å²) in [4.78, 5) is 20.6. The number of benzene rings is 2. The molecule has 0 radical (unpaired) electrons. The van der Waals surface area contributed by atoms with Crippen LogP contribution in [0.4, 0.5) is 5.69 Å². The van der Waals surface area contributed by atoms with E-state index in [0.29, 0.717) is 11.3 Å². The maximum absolute atomic E-state index is 13.2. The number of pyridine rings is 1. The van der Waals surface area contributed by atoms with Crippen molar-refractivity contribution in [2.45, 2.75) is 70.8 Å². The standard InChI is InChI=1S/C31H39N3O/c32-30-26-14-8-9-15-27(26)33-28-17-16-25(31(35)29(28)30)13-7-2-1-4-10-23-18-20-34(21-19-23)22-24-11-5-3-6-12-24/h3,5-6,8-9,11-12,14-15,23,25H,1-2,4,7,10,13,16-22H2,(H2,32,33). The minimum absolute atomic E-state index is 0.113. The summed E-state index contributed by atoms with van der Waals surface area (Å²) in [6.45, 7) is 3.56. The molecule has 184 valence electrons. The maximum Gasteiger partial charge on any atom is 0.169 e. The van der Waals surface area contributed by atoms with Crippen molar-refractivity contribution in [3.05, 3.63) is 71.4 Å². The molecule has 0 saturated carbocycles. The molecule has 5 rings (SSSR count). The van der Waals surface area contributed by atoms with E-state index in [2.05, 4.69) is 35.2 Å². The molecule has 4 heteroatoms. The Balaban J connectivity index is 1.00. The lowest BCUT2D eigenvalue weighted by atomic mass is 9.81. The van der Waals surface area contributed by atoms with Gasteiger partial charge in [0.15, 0.2) is 5.78 Å². The molecule has 2 aromatic carbocycles. The van der Waals surface area contributed by atoms with Crippen LogP contribution in [0.3, 0.4) is 0 Å². The highest BCUT2D eigenvalue weighted by molar-refractivity contribution is 6.10. The van der Waals surface area contributed by atoms with Crippen LogP contribution in [0.1, 0.15) is 79.4 Å². The topological polar surface area (TPSA) is 59.2 Å². The summed E-state index contributed by atoms with van der Waals surface area (Å²) in [6.07, 6.45) is 11.8. The zero-order valence-corrected chi connectivity index (χ0v) is 20.9. The van der Waals surface area contributed by atoms with E-state index in [4.69, 9.17) is 10.7 Å². The summed E-state index contributed by atoms with van der Waals surface area (Å²) in [5, 5.41) is 0.908. The first-order valence-corrected chi connectivity index (χ1v) is 13.7. The average molecular weight is 470 g/mol. The number of hydrogen-bond donors (Lipinski definition) is 1. The van der Waals surface area contributed by atoms with E-state index in [-0.39, 0.29) is 11.7 Å². The third-order valence-electron chi connectivity index (χ3n) is 8.23. The van der Waals surface area contributed by atoms with Crippen LogP contribution < -0.4 is 5.73 Å². The smallest absolute Gasteiger partial charge is 0.169 e. The van der Waals surface area contributed by atoms with E-state index in [1.165, 1.54) is 57.2 Å². The molecule has 1 saturated heterocycles. The molecule has 0 amide bonds. The zero-order chi connectivity index (χ0) is 24.0. The Labute approximate surface area is 209 Å². The van der Waals surface area contributed by atoms with Crippen molar-refractivity contribution in [3.63, 3.8) is 0 Å². The van der Waals surface area contributed by atoms with Gasteiger partial charge in [0.25, 0.3) is 0 Å². The molecule has 2 aliphatic rings. The molecule has 3 aromatic rings. The quantitative estimate of drug-likeness (QED) is 0.350. The fraction of sp³-hybridized carbons (Fsp3) is 0.484. The van der Waals surface area contributed by atoms with Crippen LogP contribution in [0.5, 0.6) is 0 Å². The van der Waals surface area contributed by atoms with Gasteiger partial charge in [0.2, 0.25) is 0 Å². The first kappa shape index (κ1) is 24.0. The monoisotopic (exact) mass is 469 g/mol. The van der Waals surface area contributed by atoms with Crippen molar-refractivity contribution in [3.8, 4) is 0 Å². The first-order valence-electron chi connectivity index (χ1n) is 13.7. The second-order valence-electron chi connectivity index (χ2n) is 10.7. The molecule has 2 N–H and O–H groups in total. The number of unbranched alkanes of at least 4 members (excludes halogenated alkanes) is 3. The van der Waals surface area contributed by atoms with Crippen LogP contribution in [0.2, 0.25) is 0 Å². The van der Waals surface area contributed by atoms with E-state index in [1.54, 1.807) is 0 Å². The Kier molecular flexibility index (Phi) is 7.78. The first-order chi connectivity index (χ1) is 17.2. The molecule has 1 unspecified atom stereocenters. The number of nitrogen functional groups attached to an aromatic ring is 1. The number of nitrogens with zero attached hydrogens (tertiary/aromatic N) is 2. The number of aromatic nitrogens is 1. The Morgan fingerprint density at radius 2 is 1.57 bits per heavy atom. The van der Waals surface area contributed by atoms with E-state index >= 15 is 0 Å². The van der Waals surface area contributed by atoms with Crippen LogP contribution in [-0.2, 0) is 13.0 Å². The Morgan fingerprint density at radius 3 is 2.37 bits per heavy atom. The number of carbonyl (C=O) groups excluding carboxylic acids is 1. The van der Waals surface area contributed by atoms with Gasteiger partial charge >= 0.3 is 0 Å². The Hall–Kier alpha value is -2.72. The molecular weight excluding hydrogens is 430 g/mol. The van der Waals surface area contributed by atoms with Crippen molar-refractivity contribution in [2.24, 2.45) is 11.8 Å². The maximum atomic E-state index is 13.2. The number of aryl methyl sites for hydroxylation is 1. The van der Waals surface area contributed by atoms with Gasteiger partial charge in [-0.1, -0.05) is 80.6 Å². The third-order valence-corrected chi connectivity index (χ3v) is 8.23. The fourth-order valence-corrected chi connectivity index (χ4v) is 6.12.